The van der Waals surface area contributed by atoms with Crippen LogP contribution in [0.3, 0.4) is 0 Å². The summed E-state index contributed by atoms with van der Waals surface area (Å²) in [5, 5.41) is 2.06. The Balaban J connectivity index is 1.50. The van der Waals surface area contributed by atoms with Crippen LogP contribution in [0.4, 0.5) is 0 Å². The van der Waals surface area contributed by atoms with Crippen LogP contribution >= 0.6 is 11.3 Å². The average molecular weight is 353 g/mol. The van der Waals surface area contributed by atoms with Gasteiger partial charge < -0.3 is 9.47 Å². The Morgan fingerprint density at radius 1 is 1.32 bits per heavy atom. The lowest BCUT2D eigenvalue weighted by molar-refractivity contribution is 0.0703. The van der Waals surface area contributed by atoms with Crippen molar-refractivity contribution in [2.24, 2.45) is 0 Å². The maximum Gasteiger partial charge on any atom is 0.255 e. The lowest BCUT2D eigenvalue weighted by Gasteiger charge is -2.32. The molecule has 1 aliphatic heterocycles. The molecule has 0 saturated carbocycles. The van der Waals surface area contributed by atoms with E-state index >= 15 is 0 Å². The van der Waals surface area contributed by atoms with Crippen molar-refractivity contribution in [2.45, 2.75) is 25.3 Å². The van der Waals surface area contributed by atoms with Gasteiger partial charge in [-0.15, -0.1) is 11.3 Å². The number of pyridine rings is 1. The zero-order valence-electron chi connectivity index (χ0n) is 13.8. The summed E-state index contributed by atoms with van der Waals surface area (Å²) in [6.45, 7) is 2.21. The molecule has 0 aliphatic carbocycles. The highest BCUT2D eigenvalue weighted by Crippen LogP contribution is 2.27. The topological polar surface area (TPSA) is 63.9 Å². The number of carbonyl (C=O) groups excluding carboxylic acids is 1. The number of nitrogens with zero attached hydrogens (tertiary/aromatic N) is 5. The van der Waals surface area contributed by atoms with Crippen molar-refractivity contribution in [3.63, 3.8) is 0 Å². The molecular weight excluding hydrogens is 334 g/mol. The fourth-order valence-electron chi connectivity index (χ4n) is 3.35. The lowest BCUT2D eigenvalue weighted by atomic mass is 9.96. The minimum atomic E-state index is 0.0513. The van der Waals surface area contributed by atoms with Crippen molar-refractivity contribution in [1.82, 2.24) is 24.4 Å². The zero-order chi connectivity index (χ0) is 17.1. The van der Waals surface area contributed by atoms with Crippen molar-refractivity contribution >= 4 is 17.2 Å². The summed E-state index contributed by atoms with van der Waals surface area (Å²) in [5.41, 5.74) is 3.54. The Labute approximate surface area is 150 Å². The molecule has 6 nitrogen and oxygen atoms in total. The molecule has 1 aliphatic rings. The van der Waals surface area contributed by atoms with Crippen molar-refractivity contribution in [3.05, 3.63) is 64.9 Å². The summed E-state index contributed by atoms with van der Waals surface area (Å²) >= 11 is 1.60. The van der Waals surface area contributed by atoms with Crippen LogP contribution < -0.4 is 0 Å². The average Bonchev–Trinajstić information content (AvgIpc) is 3.34. The second-order valence-corrected chi connectivity index (χ2v) is 6.94. The summed E-state index contributed by atoms with van der Waals surface area (Å²) in [6, 6.07) is 3.62. The van der Waals surface area contributed by atoms with Gasteiger partial charge in [0.15, 0.2) is 0 Å². The van der Waals surface area contributed by atoms with Gasteiger partial charge in [0.05, 0.1) is 23.3 Å². The van der Waals surface area contributed by atoms with E-state index < -0.39 is 0 Å². The SMILES string of the molecule is O=C(c1cccnc1)N1CCCC(c2nccn2Cc2cscn2)C1. The molecule has 0 radical (unpaired) electrons. The van der Waals surface area contributed by atoms with Gasteiger partial charge in [0.2, 0.25) is 0 Å². The molecule has 1 fully saturated rings. The van der Waals surface area contributed by atoms with Crippen LogP contribution in [0.25, 0.3) is 0 Å². The van der Waals surface area contributed by atoms with E-state index in [1.54, 1.807) is 29.8 Å². The molecule has 1 saturated heterocycles. The van der Waals surface area contributed by atoms with Crippen LogP contribution in [0.2, 0.25) is 0 Å². The number of imidazole rings is 1. The number of aromatic nitrogens is 4. The van der Waals surface area contributed by atoms with Crippen LogP contribution in [-0.4, -0.2) is 43.4 Å². The van der Waals surface area contributed by atoms with Gasteiger partial charge in [-0.3, -0.25) is 9.78 Å². The predicted octanol–water partition coefficient (Wildman–Crippen LogP) is 2.80. The Bertz CT molecular complexity index is 830. The second kappa shape index (κ2) is 7.14. The number of carbonyl (C=O) groups is 1. The van der Waals surface area contributed by atoms with Crippen LogP contribution in [0.15, 0.2) is 47.8 Å². The molecule has 0 spiro atoms. The third-order valence-corrected chi connectivity index (χ3v) is 5.18. The van der Waals surface area contributed by atoms with E-state index in [0.29, 0.717) is 12.1 Å². The second-order valence-electron chi connectivity index (χ2n) is 6.23. The first-order valence-corrected chi connectivity index (χ1v) is 9.33. The van der Waals surface area contributed by atoms with Gasteiger partial charge in [0.1, 0.15) is 5.82 Å². The van der Waals surface area contributed by atoms with Crippen molar-refractivity contribution in [2.75, 3.05) is 13.1 Å². The van der Waals surface area contributed by atoms with Gasteiger partial charge in [-0.05, 0) is 25.0 Å². The third-order valence-electron chi connectivity index (χ3n) is 4.55. The molecule has 0 bridgehead atoms. The number of rotatable bonds is 4. The normalized spacial score (nSPS) is 17.6. The lowest BCUT2D eigenvalue weighted by Crippen LogP contribution is -2.39. The molecule has 4 heterocycles. The minimum Gasteiger partial charge on any atom is -0.338 e. The van der Waals surface area contributed by atoms with Crippen LogP contribution in [-0.2, 0) is 6.54 Å². The number of likely N-dealkylation sites (tertiary alicyclic amines) is 1. The smallest absolute Gasteiger partial charge is 0.255 e. The van der Waals surface area contributed by atoms with E-state index in [4.69, 9.17) is 0 Å². The molecule has 3 aromatic rings. The molecule has 4 rings (SSSR count). The summed E-state index contributed by atoms with van der Waals surface area (Å²) in [7, 11) is 0. The number of piperidine rings is 1. The Kier molecular flexibility index (Phi) is 4.56. The molecule has 25 heavy (non-hydrogen) atoms. The van der Waals surface area contributed by atoms with Crippen LogP contribution in [0.5, 0.6) is 0 Å². The highest BCUT2D eigenvalue weighted by molar-refractivity contribution is 7.07. The summed E-state index contributed by atoms with van der Waals surface area (Å²) in [4.78, 5) is 27.6. The van der Waals surface area contributed by atoms with E-state index in [1.807, 2.05) is 28.9 Å². The third kappa shape index (κ3) is 3.46. The Morgan fingerprint density at radius 3 is 3.08 bits per heavy atom. The number of amides is 1. The van der Waals surface area contributed by atoms with Gasteiger partial charge >= 0.3 is 0 Å². The van der Waals surface area contributed by atoms with E-state index in [1.165, 1.54) is 0 Å². The highest BCUT2D eigenvalue weighted by atomic mass is 32.1. The van der Waals surface area contributed by atoms with Gasteiger partial charge in [-0.1, -0.05) is 0 Å². The van der Waals surface area contributed by atoms with E-state index in [2.05, 4.69) is 24.9 Å². The van der Waals surface area contributed by atoms with Gasteiger partial charge in [0.25, 0.3) is 5.91 Å². The Morgan fingerprint density at radius 2 is 2.28 bits per heavy atom. The molecule has 0 N–H and O–H groups in total. The minimum absolute atomic E-state index is 0.0513. The molecule has 1 amide bonds. The first kappa shape index (κ1) is 16.0. The highest BCUT2D eigenvalue weighted by Gasteiger charge is 2.28. The zero-order valence-corrected chi connectivity index (χ0v) is 14.6. The van der Waals surface area contributed by atoms with Crippen molar-refractivity contribution in [1.29, 1.82) is 0 Å². The monoisotopic (exact) mass is 353 g/mol. The maximum absolute atomic E-state index is 12.7. The fourth-order valence-corrected chi connectivity index (χ4v) is 3.90. The number of hydrogen-bond donors (Lipinski definition) is 0. The van der Waals surface area contributed by atoms with Gasteiger partial charge in [0, 0.05) is 49.2 Å². The van der Waals surface area contributed by atoms with Crippen molar-refractivity contribution in [3.8, 4) is 0 Å². The molecule has 128 valence electrons. The summed E-state index contributed by atoms with van der Waals surface area (Å²) in [6.07, 6.45) is 9.19. The largest absolute Gasteiger partial charge is 0.338 e. The van der Waals surface area contributed by atoms with Crippen LogP contribution in [0.1, 0.15) is 40.6 Å². The first-order valence-electron chi connectivity index (χ1n) is 8.38. The Hall–Kier alpha value is -2.54. The van der Waals surface area contributed by atoms with Gasteiger partial charge in [-0.2, -0.15) is 0 Å². The molecule has 1 atom stereocenters. The van der Waals surface area contributed by atoms with Crippen LogP contribution in [0, 0.1) is 0 Å². The molecule has 3 aromatic heterocycles. The predicted molar refractivity (Wildman–Crippen MR) is 95.6 cm³/mol. The van der Waals surface area contributed by atoms with Gasteiger partial charge in [-0.25, -0.2) is 9.97 Å². The maximum atomic E-state index is 12.7. The fraction of sp³-hybridized carbons (Fsp3) is 0.333. The molecule has 0 aromatic carbocycles. The molecular formula is C18H19N5OS. The molecule has 1 unspecified atom stereocenters. The standard InChI is InChI=1S/C18H19N5OS/c24-18(14-3-1-5-19-9-14)23-7-2-4-15(10-23)17-20-6-8-22(17)11-16-12-25-13-21-16/h1,3,5-6,8-9,12-13,15H,2,4,7,10-11H2. The summed E-state index contributed by atoms with van der Waals surface area (Å²) < 4.78 is 2.15. The van der Waals surface area contributed by atoms with E-state index in [0.717, 1.165) is 37.4 Å². The summed E-state index contributed by atoms with van der Waals surface area (Å²) in [5.74, 6) is 1.34. The quantitative estimate of drug-likeness (QED) is 0.723. The first-order chi connectivity index (χ1) is 12.3. The van der Waals surface area contributed by atoms with Crippen molar-refractivity contribution < 1.29 is 4.79 Å². The number of thiazole rings is 1. The molecule has 7 heteroatoms. The number of hydrogen-bond acceptors (Lipinski definition) is 5. The van der Waals surface area contributed by atoms with E-state index in [-0.39, 0.29) is 11.8 Å². The van der Waals surface area contributed by atoms with E-state index in [9.17, 15) is 4.79 Å².